The van der Waals surface area contributed by atoms with Crippen molar-refractivity contribution < 1.29 is 4.79 Å². The summed E-state index contributed by atoms with van der Waals surface area (Å²) in [4.78, 5) is 11.6. The van der Waals surface area contributed by atoms with Crippen molar-refractivity contribution in [3.8, 4) is 0 Å². The van der Waals surface area contributed by atoms with Gasteiger partial charge in [0.05, 0.1) is 0 Å². The van der Waals surface area contributed by atoms with Gasteiger partial charge in [-0.2, -0.15) is 0 Å². The SMILES string of the molecule is CC(CCN)C(=O)NCc1cccc(Cl)c1. The molecule has 1 amide bonds. The van der Waals surface area contributed by atoms with Gasteiger partial charge in [0, 0.05) is 17.5 Å². The van der Waals surface area contributed by atoms with Crippen molar-refractivity contribution in [3.05, 3.63) is 34.9 Å². The van der Waals surface area contributed by atoms with E-state index in [4.69, 9.17) is 17.3 Å². The Kier molecular flexibility index (Phi) is 5.29. The van der Waals surface area contributed by atoms with Gasteiger partial charge in [0.25, 0.3) is 0 Å². The Bertz CT molecular complexity index is 355. The summed E-state index contributed by atoms with van der Waals surface area (Å²) in [5.74, 6) is -0.00499. The lowest BCUT2D eigenvalue weighted by atomic mass is 10.1. The van der Waals surface area contributed by atoms with Gasteiger partial charge < -0.3 is 11.1 Å². The van der Waals surface area contributed by atoms with Crippen LogP contribution in [0.2, 0.25) is 5.02 Å². The van der Waals surface area contributed by atoms with Gasteiger partial charge in [-0.3, -0.25) is 4.79 Å². The molecule has 0 radical (unpaired) electrons. The zero-order valence-electron chi connectivity index (χ0n) is 9.37. The highest BCUT2D eigenvalue weighted by atomic mass is 35.5. The van der Waals surface area contributed by atoms with E-state index in [1.54, 1.807) is 0 Å². The van der Waals surface area contributed by atoms with Crippen molar-refractivity contribution in [2.75, 3.05) is 6.54 Å². The zero-order valence-corrected chi connectivity index (χ0v) is 10.1. The van der Waals surface area contributed by atoms with Crippen molar-refractivity contribution in [3.63, 3.8) is 0 Å². The molecule has 16 heavy (non-hydrogen) atoms. The van der Waals surface area contributed by atoms with Crippen LogP contribution >= 0.6 is 11.6 Å². The molecule has 1 aromatic rings. The Balaban J connectivity index is 2.42. The lowest BCUT2D eigenvalue weighted by Crippen LogP contribution is -2.29. The quantitative estimate of drug-likeness (QED) is 0.827. The van der Waals surface area contributed by atoms with Gasteiger partial charge >= 0.3 is 0 Å². The van der Waals surface area contributed by atoms with Crippen molar-refractivity contribution >= 4 is 17.5 Å². The first kappa shape index (κ1) is 13.0. The van der Waals surface area contributed by atoms with Crippen LogP contribution < -0.4 is 11.1 Å². The highest BCUT2D eigenvalue weighted by molar-refractivity contribution is 6.30. The smallest absolute Gasteiger partial charge is 0.223 e. The van der Waals surface area contributed by atoms with Gasteiger partial charge in [-0.1, -0.05) is 30.7 Å². The summed E-state index contributed by atoms with van der Waals surface area (Å²) >= 11 is 5.84. The number of nitrogens with two attached hydrogens (primary N) is 1. The minimum absolute atomic E-state index is 0.0328. The van der Waals surface area contributed by atoms with Crippen LogP contribution in [-0.2, 0) is 11.3 Å². The molecule has 0 fully saturated rings. The Morgan fingerprint density at radius 1 is 1.56 bits per heavy atom. The number of halogens is 1. The van der Waals surface area contributed by atoms with Gasteiger partial charge in [0.1, 0.15) is 0 Å². The van der Waals surface area contributed by atoms with Gasteiger partial charge in [-0.05, 0) is 30.7 Å². The fourth-order valence-corrected chi connectivity index (χ4v) is 1.60. The number of hydrogen-bond acceptors (Lipinski definition) is 2. The van der Waals surface area contributed by atoms with Gasteiger partial charge in [0.15, 0.2) is 0 Å². The van der Waals surface area contributed by atoms with Gasteiger partial charge in [-0.25, -0.2) is 0 Å². The molecular formula is C12H17ClN2O. The first-order chi connectivity index (χ1) is 7.63. The fourth-order valence-electron chi connectivity index (χ4n) is 1.39. The van der Waals surface area contributed by atoms with E-state index < -0.39 is 0 Å². The summed E-state index contributed by atoms with van der Waals surface area (Å²) in [5, 5.41) is 3.54. The second-order valence-corrected chi connectivity index (χ2v) is 4.26. The molecule has 0 aromatic heterocycles. The van der Waals surface area contributed by atoms with Gasteiger partial charge in [0.2, 0.25) is 5.91 Å². The van der Waals surface area contributed by atoms with Gasteiger partial charge in [-0.15, -0.1) is 0 Å². The van der Waals surface area contributed by atoms with Crippen molar-refractivity contribution in [2.45, 2.75) is 19.9 Å². The second kappa shape index (κ2) is 6.51. The summed E-state index contributed by atoms with van der Waals surface area (Å²) in [6.45, 7) is 2.92. The minimum atomic E-state index is -0.0378. The summed E-state index contributed by atoms with van der Waals surface area (Å²) in [6.07, 6.45) is 0.710. The largest absolute Gasteiger partial charge is 0.352 e. The van der Waals surface area contributed by atoms with Crippen LogP contribution in [0, 0.1) is 5.92 Å². The number of nitrogens with one attached hydrogen (secondary N) is 1. The van der Waals surface area contributed by atoms with Crippen LogP contribution in [0.15, 0.2) is 24.3 Å². The molecule has 88 valence electrons. The molecule has 0 aliphatic carbocycles. The van der Waals surface area contributed by atoms with Crippen LogP contribution in [0.3, 0.4) is 0 Å². The average Bonchev–Trinajstić information content (AvgIpc) is 2.26. The van der Waals surface area contributed by atoms with E-state index in [1.165, 1.54) is 0 Å². The molecule has 1 rings (SSSR count). The van der Waals surface area contributed by atoms with E-state index in [1.807, 2.05) is 31.2 Å². The predicted molar refractivity (Wildman–Crippen MR) is 66.1 cm³/mol. The molecular weight excluding hydrogens is 224 g/mol. The topological polar surface area (TPSA) is 55.1 Å². The van der Waals surface area contributed by atoms with Crippen molar-refractivity contribution in [2.24, 2.45) is 11.7 Å². The summed E-state index contributed by atoms with van der Waals surface area (Å²) in [6, 6.07) is 7.45. The summed E-state index contributed by atoms with van der Waals surface area (Å²) < 4.78 is 0. The molecule has 0 saturated carbocycles. The Hall–Kier alpha value is -1.06. The molecule has 0 saturated heterocycles. The third-order valence-corrected chi connectivity index (χ3v) is 2.64. The normalized spacial score (nSPS) is 12.2. The second-order valence-electron chi connectivity index (χ2n) is 3.83. The molecule has 0 aliphatic rings. The van der Waals surface area contributed by atoms with E-state index in [0.717, 1.165) is 5.56 Å². The van der Waals surface area contributed by atoms with Crippen LogP contribution in [0.4, 0.5) is 0 Å². The van der Waals surface area contributed by atoms with Crippen molar-refractivity contribution in [1.29, 1.82) is 0 Å². The molecule has 0 heterocycles. The predicted octanol–water partition coefficient (Wildman–Crippen LogP) is 1.94. The number of carbonyl (C=O) groups excluding carboxylic acids is 1. The lowest BCUT2D eigenvalue weighted by Gasteiger charge is -2.11. The highest BCUT2D eigenvalue weighted by Crippen LogP contribution is 2.10. The van der Waals surface area contributed by atoms with Crippen LogP contribution in [0.1, 0.15) is 18.9 Å². The fraction of sp³-hybridized carbons (Fsp3) is 0.417. The first-order valence-corrected chi connectivity index (χ1v) is 5.73. The Labute approximate surface area is 101 Å². The molecule has 1 aromatic carbocycles. The third-order valence-electron chi connectivity index (χ3n) is 2.40. The maximum atomic E-state index is 11.6. The third kappa shape index (κ3) is 4.21. The molecule has 3 N–H and O–H groups in total. The maximum absolute atomic E-state index is 11.6. The number of amides is 1. The average molecular weight is 241 g/mol. The van der Waals surface area contributed by atoms with Crippen LogP contribution in [-0.4, -0.2) is 12.5 Å². The molecule has 3 nitrogen and oxygen atoms in total. The number of hydrogen-bond donors (Lipinski definition) is 2. The lowest BCUT2D eigenvalue weighted by molar-refractivity contribution is -0.124. The Morgan fingerprint density at radius 3 is 2.94 bits per heavy atom. The van der Waals surface area contributed by atoms with Crippen molar-refractivity contribution in [1.82, 2.24) is 5.32 Å². The summed E-state index contributed by atoms with van der Waals surface area (Å²) in [5.41, 5.74) is 6.40. The zero-order chi connectivity index (χ0) is 12.0. The molecule has 1 unspecified atom stereocenters. The number of rotatable bonds is 5. The van der Waals surface area contributed by atoms with Crippen LogP contribution in [0.25, 0.3) is 0 Å². The van der Waals surface area contributed by atoms with E-state index in [2.05, 4.69) is 5.32 Å². The molecule has 1 atom stereocenters. The number of carbonyl (C=O) groups is 1. The monoisotopic (exact) mass is 240 g/mol. The number of benzene rings is 1. The van der Waals surface area contributed by atoms with Crippen LogP contribution in [0.5, 0.6) is 0 Å². The molecule has 0 aliphatic heterocycles. The first-order valence-electron chi connectivity index (χ1n) is 5.35. The Morgan fingerprint density at radius 2 is 2.31 bits per heavy atom. The van der Waals surface area contributed by atoms with E-state index >= 15 is 0 Å². The molecule has 0 bridgehead atoms. The van der Waals surface area contributed by atoms with E-state index in [0.29, 0.717) is 24.5 Å². The maximum Gasteiger partial charge on any atom is 0.223 e. The molecule has 0 spiro atoms. The highest BCUT2D eigenvalue weighted by Gasteiger charge is 2.10. The van der Waals surface area contributed by atoms with E-state index in [-0.39, 0.29) is 11.8 Å². The standard InChI is InChI=1S/C12H17ClN2O/c1-9(5-6-14)12(16)15-8-10-3-2-4-11(13)7-10/h2-4,7,9H,5-6,8,14H2,1H3,(H,15,16). The van der Waals surface area contributed by atoms with E-state index in [9.17, 15) is 4.79 Å². The minimum Gasteiger partial charge on any atom is -0.352 e. The summed E-state index contributed by atoms with van der Waals surface area (Å²) in [7, 11) is 0. The molecule has 4 heteroatoms.